The van der Waals surface area contributed by atoms with Crippen molar-refractivity contribution in [1.29, 1.82) is 0 Å². The van der Waals surface area contributed by atoms with E-state index in [1.54, 1.807) is 12.1 Å². The largest absolute Gasteiger partial charge is 0.313 e. The zero-order chi connectivity index (χ0) is 14.5. The van der Waals surface area contributed by atoms with Gasteiger partial charge in [0, 0.05) is 28.4 Å². The second-order valence-electron chi connectivity index (χ2n) is 5.09. The van der Waals surface area contributed by atoms with Crippen LogP contribution in [0.15, 0.2) is 18.2 Å². The van der Waals surface area contributed by atoms with Crippen LogP contribution in [0, 0.1) is 16.0 Å². The van der Waals surface area contributed by atoms with Crippen LogP contribution in [0.4, 0.5) is 5.69 Å². The second-order valence-corrected chi connectivity index (χ2v) is 6.60. The lowest BCUT2D eigenvalue weighted by molar-refractivity contribution is -0.385. The number of nitro benzene ring substituents is 1. The zero-order valence-electron chi connectivity index (χ0n) is 11.5. The maximum absolute atomic E-state index is 11.1. The number of halogens is 1. The van der Waals surface area contributed by atoms with Gasteiger partial charge in [-0.05, 0) is 43.2 Å². The maximum atomic E-state index is 11.1. The van der Waals surface area contributed by atoms with Crippen molar-refractivity contribution in [2.75, 3.05) is 18.1 Å². The van der Waals surface area contributed by atoms with Gasteiger partial charge in [0.25, 0.3) is 5.69 Å². The minimum atomic E-state index is -0.317. The molecular weight excluding hydrogens is 296 g/mol. The Labute approximate surface area is 128 Å². The van der Waals surface area contributed by atoms with E-state index in [1.165, 1.54) is 6.07 Å². The number of rotatable bonds is 6. The Morgan fingerprint density at radius 2 is 2.30 bits per heavy atom. The molecule has 1 aromatic carbocycles. The highest BCUT2D eigenvalue weighted by Gasteiger charge is 2.29. The fourth-order valence-electron chi connectivity index (χ4n) is 2.53. The van der Waals surface area contributed by atoms with E-state index >= 15 is 0 Å². The number of nitro groups is 1. The van der Waals surface area contributed by atoms with E-state index in [4.69, 9.17) is 11.6 Å². The first-order valence-corrected chi connectivity index (χ1v) is 8.39. The molecule has 0 aliphatic carbocycles. The Balaban J connectivity index is 2.12. The molecule has 1 fully saturated rings. The van der Waals surface area contributed by atoms with Gasteiger partial charge in [0.2, 0.25) is 0 Å². The summed E-state index contributed by atoms with van der Waals surface area (Å²) < 4.78 is 0. The lowest BCUT2D eigenvalue weighted by atomic mass is 9.94. The third-order valence-corrected chi connectivity index (χ3v) is 5.07. The van der Waals surface area contributed by atoms with E-state index in [0.29, 0.717) is 23.4 Å². The van der Waals surface area contributed by atoms with E-state index in [0.717, 1.165) is 30.0 Å². The summed E-state index contributed by atoms with van der Waals surface area (Å²) in [7, 11) is 0. The highest BCUT2D eigenvalue weighted by atomic mass is 35.5. The molecule has 1 heterocycles. The van der Waals surface area contributed by atoms with Gasteiger partial charge in [-0.2, -0.15) is 11.8 Å². The third-order valence-electron chi connectivity index (χ3n) is 3.58. The van der Waals surface area contributed by atoms with Crippen LogP contribution in [0.5, 0.6) is 0 Å². The normalized spacial score (nSPS) is 22.1. The van der Waals surface area contributed by atoms with E-state index in [1.807, 2.05) is 11.8 Å². The summed E-state index contributed by atoms with van der Waals surface area (Å²) in [4.78, 5) is 10.8. The van der Waals surface area contributed by atoms with Gasteiger partial charge in [-0.15, -0.1) is 0 Å². The summed E-state index contributed by atoms with van der Waals surface area (Å²) in [5.74, 6) is 2.56. The van der Waals surface area contributed by atoms with Crippen molar-refractivity contribution in [1.82, 2.24) is 5.32 Å². The van der Waals surface area contributed by atoms with Crippen LogP contribution < -0.4 is 5.32 Å². The van der Waals surface area contributed by atoms with Crippen LogP contribution in [-0.2, 0) is 6.42 Å². The van der Waals surface area contributed by atoms with Gasteiger partial charge in [-0.3, -0.25) is 10.1 Å². The second kappa shape index (κ2) is 7.29. The van der Waals surface area contributed by atoms with E-state index in [9.17, 15) is 10.1 Å². The monoisotopic (exact) mass is 314 g/mol. The summed E-state index contributed by atoms with van der Waals surface area (Å²) in [6.45, 7) is 3.14. The van der Waals surface area contributed by atoms with Gasteiger partial charge in [-0.1, -0.05) is 18.5 Å². The summed E-state index contributed by atoms with van der Waals surface area (Å²) in [5.41, 5.74) is 0.929. The summed E-state index contributed by atoms with van der Waals surface area (Å²) >= 11 is 7.90. The topological polar surface area (TPSA) is 55.2 Å². The molecule has 0 radical (unpaired) electrons. The highest BCUT2D eigenvalue weighted by molar-refractivity contribution is 7.99. The zero-order valence-corrected chi connectivity index (χ0v) is 13.0. The first-order valence-electron chi connectivity index (χ1n) is 6.85. The number of benzene rings is 1. The average Bonchev–Trinajstić information content (AvgIpc) is 2.83. The van der Waals surface area contributed by atoms with Crippen molar-refractivity contribution in [2.24, 2.45) is 5.92 Å². The number of nitrogens with zero attached hydrogens (tertiary/aromatic N) is 1. The third kappa shape index (κ3) is 3.87. The maximum Gasteiger partial charge on any atom is 0.272 e. The van der Waals surface area contributed by atoms with Gasteiger partial charge in [0.1, 0.15) is 0 Å². The SMILES string of the molecule is CCCNC1CSCC1Cc1cc(Cl)ccc1[N+](=O)[O-]. The van der Waals surface area contributed by atoms with Crippen molar-refractivity contribution in [3.63, 3.8) is 0 Å². The molecule has 110 valence electrons. The van der Waals surface area contributed by atoms with Crippen molar-refractivity contribution < 1.29 is 4.92 Å². The van der Waals surface area contributed by atoms with Gasteiger partial charge in [0.15, 0.2) is 0 Å². The standard InChI is InChI=1S/C14H19ClN2O2S/c1-2-5-16-13-9-20-8-11(13)6-10-7-12(15)3-4-14(10)17(18)19/h3-4,7,11,13,16H,2,5-6,8-9H2,1H3. The van der Waals surface area contributed by atoms with Crippen LogP contribution in [0.3, 0.4) is 0 Å². The van der Waals surface area contributed by atoms with E-state index in [-0.39, 0.29) is 10.6 Å². The van der Waals surface area contributed by atoms with Crippen LogP contribution in [0.1, 0.15) is 18.9 Å². The average molecular weight is 315 g/mol. The Kier molecular flexibility index (Phi) is 5.69. The van der Waals surface area contributed by atoms with Gasteiger partial charge < -0.3 is 5.32 Å². The van der Waals surface area contributed by atoms with Gasteiger partial charge >= 0.3 is 0 Å². The molecule has 0 aromatic heterocycles. The Hall–Kier alpha value is -0.780. The molecular formula is C14H19ClN2O2S. The molecule has 1 saturated heterocycles. The molecule has 4 nitrogen and oxygen atoms in total. The van der Waals surface area contributed by atoms with Crippen molar-refractivity contribution in [3.05, 3.63) is 38.9 Å². The fraction of sp³-hybridized carbons (Fsp3) is 0.571. The molecule has 2 rings (SSSR count). The van der Waals surface area contributed by atoms with E-state index < -0.39 is 0 Å². The minimum Gasteiger partial charge on any atom is -0.313 e. The lowest BCUT2D eigenvalue weighted by Crippen LogP contribution is -2.36. The lowest BCUT2D eigenvalue weighted by Gasteiger charge is -2.20. The minimum absolute atomic E-state index is 0.181. The van der Waals surface area contributed by atoms with E-state index in [2.05, 4.69) is 12.2 Å². The number of hydrogen-bond donors (Lipinski definition) is 1. The first kappa shape index (κ1) is 15.6. The predicted octanol–water partition coefficient (Wildman–Crippen LogP) is 3.52. The molecule has 2 atom stereocenters. The van der Waals surface area contributed by atoms with Crippen LogP contribution in [0.2, 0.25) is 5.02 Å². The molecule has 1 aliphatic rings. The smallest absolute Gasteiger partial charge is 0.272 e. The van der Waals surface area contributed by atoms with Gasteiger partial charge in [0.05, 0.1) is 4.92 Å². The summed E-state index contributed by atoms with van der Waals surface area (Å²) in [6.07, 6.45) is 1.82. The predicted molar refractivity (Wildman–Crippen MR) is 84.7 cm³/mol. The van der Waals surface area contributed by atoms with Crippen LogP contribution in [-0.4, -0.2) is 29.0 Å². The molecule has 1 aliphatic heterocycles. The molecule has 20 heavy (non-hydrogen) atoms. The molecule has 1 N–H and O–H groups in total. The quantitative estimate of drug-likeness (QED) is 0.645. The highest BCUT2D eigenvalue weighted by Crippen LogP contribution is 2.31. The Morgan fingerprint density at radius 1 is 1.50 bits per heavy atom. The molecule has 0 spiro atoms. The number of hydrogen-bond acceptors (Lipinski definition) is 4. The van der Waals surface area contributed by atoms with Crippen LogP contribution in [0.25, 0.3) is 0 Å². The van der Waals surface area contributed by atoms with Crippen molar-refractivity contribution in [3.8, 4) is 0 Å². The molecule has 0 saturated carbocycles. The molecule has 0 amide bonds. The van der Waals surface area contributed by atoms with Crippen LogP contribution >= 0.6 is 23.4 Å². The Bertz CT molecular complexity index is 484. The first-order chi connectivity index (χ1) is 9.61. The van der Waals surface area contributed by atoms with Crippen molar-refractivity contribution >= 4 is 29.1 Å². The number of thioether (sulfide) groups is 1. The molecule has 2 unspecified atom stereocenters. The fourth-order valence-corrected chi connectivity index (χ4v) is 4.16. The summed E-state index contributed by atoms with van der Waals surface area (Å²) in [6, 6.07) is 5.27. The summed E-state index contributed by atoms with van der Waals surface area (Å²) in [5, 5.41) is 15.2. The molecule has 1 aromatic rings. The van der Waals surface area contributed by atoms with Crippen molar-refractivity contribution in [2.45, 2.75) is 25.8 Å². The van der Waals surface area contributed by atoms with Gasteiger partial charge in [-0.25, -0.2) is 0 Å². The number of nitrogens with one attached hydrogen (secondary N) is 1. The Morgan fingerprint density at radius 3 is 3.00 bits per heavy atom. The molecule has 0 bridgehead atoms. The molecule has 6 heteroatoms.